The molecule has 0 aliphatic heterocycles. The molecule has 0 bridgehead atoms. The van der Waals surface area contributed by atoms with Gasteiger partial charge in [0.15, 0.2) is 0 Å². The van der Waals surface area contributed by atoms with Gasteiger partial charge in [-0.25, -0.2) is 9.38 Å². The number of anilines is 1. The number of fused-ring (bicyclic) bond motifs is 3. The zero-order valence-corrected chi connectivity index (χ0v) is 18.2. The summed E-state index contributed by atoms with van der Waals surface area (Å²) >= 11 is 1.62. The van der Waals surface area contributed by atoms with Crippen LogP contribution in [0.15, 0.2) is 94.6 Å². The van der Waals surface area contributed by atoms with E-state index in [4.69, 9.17) is 4.98 Å². The number of hydrogen-bond acceptors (Lipinski definition) is 4. The Morgan fingerprint density at radius 2 is 1.69 bits per heavy atom. The highest BCUT2D eigenvalue weighted by molar-refractivity contribution is 7.98. The van der Waals surface area contributed by atoms with Crippen LogP contribution in [0.4, 0.5) is 5.69 Å². The Bertz CT molecular complexity index is 1510. The molecule has 5 aromatic rings. The van der Waals surface area contributed by atoms with Gasteiger partial charge in [0.05, 0.1) is 16.7 Å². The smallest absolute Gasteiger partial charge is 0.260 e. The van der Waals surface area contributed by atoms with E-state index in [1.807, 2.05) is 85.1 Å². The molecule has 32 heavy (non-hydrogen) atoms. The van der Waals surface area contributed by atoms with Crippen molar-refractivity contribution in [2.24, 2.45) is 0 Å². The first kappa shape index (κ1) is 20.1. The van der Waals surface area contributed by atoms with Crippen molar-refractivity contribution in [1.82, 2.24) is 14.0 Å². The third kappa shape index (κ3) is 3.67. The monoisotopic (exact) mass is 440 g/mol. The first-order valence-electron chi connectivity index (χ1n) is 10.1. The minimum atomic E-state index is -0.189. The van der Waals surface area contributed by atoms with Crippen LogP contribution in [0.2, 0.25) is 0 Å². The molecule has 0 saturated carbocycles. The van der Waals surface area contributed by atoms with Crippen molar-refractivity contribution in [2.45, 2.75) is 11.4 Å². The molecule has 0 atom stereocenters. The van der Waals surface area contributed by atoms with Crippen LogP contribution in [0.1, 0.15) is 0 Å². The van der Waals surface area contributed by atoms with Crippen LogP contribution >= 0.6 is 11.8 Å². The Labute approximate surface area is 188 Å². The number of benzene rings is 3. The van der Waals surface area contributed by atoms with Gasteiger partial charge in [-0.3, -0.25) is 9.59 Å². The van der Waals surface area contributed by atoms with Gasteiger partial charge in [-0.05, 0) is 36.6 Å². The molecule has 0 spiro atoms. The number of nitrogens with zero attached hydrogens (tertiary/aromatic N) is 3. The van der Waals surface area contributed by atoms with Crippen molar-refractivity contribution < 1.29 is 4.79 Å². The lowest BCUT2D eigenvalue weighted by Crippen LogP contribution is -2.20. The molecule has 7 heteroatoms. The number of carbonyl (C=O) groups excluding carboxylic acids is 1. The number of carbonyl (C=O) groups is 1. The topological polar surface area (TPSA) is 68.4 Å². The predicted molar refractivity (Wildman–Crippen MR) is 129 cm³/mol. The number of thioether (sulfide) groups is 1. The van der Waals surface area contributed by atoms with Gasteiger partial charge in [-0.1, -0.05) is 48.5 Å². The van der Waals surface area contributed by atoms with Crippen molar-refractivity contribution in [1.29, 1.82) is 0 Å². The van der Waals surface area contributed by atoms with E-state index in [0.29, 0.717) is 11.5 Å². The average molecular weight is 441 g/mol. The molecule has 6 nitrogen and oxygen atoms in total. The Balaban J connectivity index is 1.61. The zero-order valence-electron chi connectivity index (χ0n) is 17.4. The lowest BCUT2D eigenvalue weighted by molar-refractivity contribution is -0.116. The van der Waals surface area contributed by atoms with Crippen molar-refractivity contribution in [3.05, 3.63) is 95.3 Å². The van der Waals surface area contributed by atoms with Gasteiger partial charge < -0.3 is 9.88 Å². The fraction of sp³-hybridized carbons (Fsp3) is 0.0800. The van der Waals surface area contributed by atoms with Gasteiger partial charge in [-0.2, -0.15) is 0 Å². The lowest BCUT2D eigenvalue weighted by Gasteiger charge is -2.09. The highest BCUT2D eigenvalue weighted by Gasteiger charge is 2.17. The standard InChI is InChI=1S/C25H20N4O2S/c1-32-19-11-7-10-18(14-19)26-23(30)16-28-21-12-5-6-13-22(21)29-24(31)15-20(27-25(28)29)17-8-3-2-4-9-17/h2-15H,16H2,1H3,(H,26,30). The minimum Gasteiger partial charge on any atom is -0.324 e. The van der Waals surface area contributed by atoms with E-state index in [-0.39, 0.29) is 18.0 Å². The number of hydrogen-bond donors (Lipinski definition) is 1. The summed E-state index contributed by atoms with van der Waals surface area (Å²) in [6, 6.07) is 26.3. The number of nitrogens with one attached hydrogen (secondary N) is 1. The maximum absolute atomic E-state index is 13.1. The number of aromatic nitrogens is 3. The van der Waals surface area contributed by atoms with Gasteiger partial charge in [-0.15, -0.1) is 11.8 Å². The van der Waals surface area contributed by atoms with Gasteiger partial charge >= 0.3 is 0 Å². The van der Waals surface area contributed by atoms with Crippen LogP contribution in [0.5, 0.6) is 0 Å². The molecule has 5 rings (SSSR count). The summed E-state index contributed by atoms with van der Waals surface area (Å²) < 4.78 is 3.35. The van der Waals surface area contributed by atoms with Crippen LogP contribution < -0.4 is 10.9 Å². The largest absolute Gasteiger partial charge is 0.324 e. The highest BCUT2D eigenvalue weighted by Crippen LogP contribution is 2.23. The van der Waals surface area contributed by atoms with E-state index in [1.165, 1.54) is 6.07 Å². The molecule has 2 heterocycles. The third-order valence-electron chi connectivity index (χ3n) is 5.28. The van der Waals surface area contributed by atoms with Gasteiger partial charge in [0, 0.05) is 22.2 Å². The molecule has 3 aromatic carbocycles. The Kier molecular flexibility index (Phi) is 5.25. The Morgan fingerprint density at radius 3 is 2.47 bits per heavy atom. The van der Waals surface area contributed by atoms with Crippen LogP contribution in [0.25, 0.3) is 28.1 Å². The van der Waals surface area contributed by atoms with Gasteiger partial charge in [0.1, 0.15) is 6.54 Å². The summed E-state index contributed by atoms with van der Waals surface area (Å²) in [5.74, 6) is 0.247. The van der Waals surface area contributed by atoms with Gasteiger partial charge in [0.25, 0.3) is 5.56 Å². The minimum absolute atomic E-state index is 0.0329. The number of para-hydroxylation sites is 2. The highest BCUT2D eigenvalue weighted by atomic mass is 32.2. The van der Waals surface area contributed by atoms with E-state index in [0.717, 1.165) is 27.2 Å². The van der Waals surface area contributed by atoms with E-state index in [9.17, 15) is 9.59 Å². The Morgan fingerprint density at radius 1 is 0.938 bits per heavy atom. The Hall–Kier alpha value is -3.84. The van der Waals surface area contributed by atoms with Crippen LogP contribution in [0, 0.1) is 0 Å². The summed E-state index contributed by atoms with van der Waals surface area (Å²) in [4.78, 5) is 31.9. The molecule has 1 N–H and O–H groups in total. The molecule has 0 unspecified atom stereocenters. The van der Waals surface area contributed by atoms with E-state index >= 15 is 0 Å². The second kappa shape index (κ2) is 8.36. The van der Waals surface area contributed by atoms with Crippen molar-refractivity contribution >= 4 is 40.2 Å². The first-order valence-corrected chi connectivity index (χ1v) is 11.4. The number of rotatable bonds is 5. The second-order valence-corrected chi connectivity index (χ2v) is 8.22. The molecular formula is C25H20N4O2S. The average Bonchev–Trinajstić information content (AvgIpc) is 3.13. The molecule has 0 saturated heterocycles. The van der Waals surface area contributed by atoms with Gasteiger partial charge in [0.2, 0.25) is 11.7 Å². The molecule has 0 aliphatic rings. The maximum Gasteiger partial charge on any atom is 0.260 e. The van der Waals surface area contributed by atoms with E-state index in [1.54, 1.807) is 20.7 Å². The normalized spacial score (nSPS) is 11.2. The summed E-state index contributed by atoms with van der Waals surface area (Å²) in [5, 5.41) is 2.96. The maximum atomic E-state index is 13.1. The number of amides is 1. The summed E-state index contributed by atoms with van der Waals surface area (Å²) in [7, 11) is 0. The fourth-order valence-corrected chi connectivity index (χ4v) is 4.28. The summed E-state index contributed by atoms with van der Waals surface area (Å²) in [6.07, 6.45) is 1.99. The van der Waals surface area contributed by atoms with E-state index in [2.05, 4.69) is 5.32 Å². The van der Waals surface area contributed by atoms with Crippen LogP contribution in [0.3, 0.4) is 0 Å². The first-order chi connectivity index (χ1) is 15.6. The predicted octanol–water partition coefficient (Wildman–Crippen LogP) is 4.68. The summed E-state index contributed by atoms with van der Waals surface area (Å²) in [5.41, 5.74) is 3.47. The molecule has 1 amide bonds. The van der Waals surface area contributed by atoms with Crippen molar-refractivity contribution in [3.8, 4) is 11.3 Å². The molecule has 2 aromatic heterocycles. The van der Waals surface area contributed by atoms with Crippen molar-refractivity contribution in [2.75, 3.05) is 11.6 Å². The summed E-state index contributed by atoms with van der Waals surface area (Å²) in [6.45, 7) is 0.0329. The third-order valence-corrected chi connectivity index (χ3v) is 6.01. The number of imidazole rings is 1. The van der Waals surface area contributed by atoms with E-state index < -0.39 is 0 Å². The van der Waals surface area contributed by atoms with Crippen LogP contribution in [-0.2, 0) is 11.3 Å². The molecule has 158 valence electrons. The van der Waals surface area contributed by atoms with Crippen molar-refractivity contribution in [3.63, 3.8) is 0 Å². The molecular weight excluding hydrogens is 420 g/mol. The molecule has 0 aliphatic carbocycles. The second-order valence-electron chi connectivity index (χ2n) is 7.34. The SMILES string of the molecule is CSc1cccc(NC(=O)Cn2c3ccccc3n3c(=O)cc(-c4ccccc4)nc23)c1. The molecule has 0 fully saturated rings. The zero-order chi connectivity index (χ0) is 22.1. The quantitative estimate of drug-likeness (QED) is 0.403. The molecule has 0 radical (unpaired) electrons. The van der Waals surface area contributed by atoms with Crippen LogP contribution in [-0.4, -0.2) is 26.1 Å². The fourth-order valence-electron chi connectivity index (χ4n) is 3.82. The lowest BCUT2D eigenvalue weighted by atomic mass is 10.1.